The van der Waals surface area contributed by atoms with Gasteiger partial charge >= 0.3 is 0 Å². The molecule has 4 heterocycles. The number of pyridine rings is 1. The Morgan fingerprint density at radius 3 is 2.83 bits per heavy atom. The summed E-state index contributed by atoms with van der Waals surface area (Å²) in [7, 11) is 0. The van der Waals surface area contributed by atoms with Gasteiger partial charge in [-0.05, 0) is 51.5 Å². The molecule has 1 atom stereocenters. The zero-order valence-corrected chi connectivity index (χ0v) is 18.7. The summed E-state index contributed by atoms with van der Waals surface area (Å²) >= 11 is 1.56. The van der Waals surface area contributed by atoms with Crippen molar-refractivity contribution in [3.63, 3.8) is 0 Å². The van der Waals surface area contributed by atoms with Gasteiger partial charge in [-0.2, -0.15) is 0 Å². The monoisotopic (exact) mass is 423 g/mol. The molecule has 0 spiro atoms. The number of fused-ring (bicyclic) bond motifs is 5. The molecule has 2 aromatic heterocycles. The Kier molecular flexibility index (Phi) is 5.03. The predicted molar refractivity (Wildman–Crippen MR) is 126 cm³/mol. The standard InChI is InChI=1S/C23H29N5OS/c1-14(2)27-9-4-10-28(12-11-27)19-8-5-16-17(26-19)6-7-18-20(16)21-22(30-18)23(29)25-15(3)13-24-21/h5-8,14-15,24H,4,9-13H2,1-3H3,(H,25,29)/t15-/m1/s1. The van der Waals surface area contributed by atoms with Crippen molar-refractivity contribution in [1.29, 1.82) is 0 Å². The summed E-state index contributed by atoms with van der Waals surface area (Å²) in [5.74, 6) is 1.06. The molecule has 3 aromatic rings. The van der Waals surface area contributed by atoms with E-state index in [0.717, 1.165) is 76.5 Å². The number of carbonyl (C=O) groups excluding carboxylic acids is 1. The molecule has 7 heteroatoms. The number of nitrogens with one attached hydrogen (secondary N) is 2. The minimum atomic E-state index is 0.0145. The number of hydrogen-bond donors (Lipinski definition) is 2. The van der Waals surface area contributed by atoms with Gasteiger partial charge in [0.05, 0.1) is 11.2 Å². The van der Waals surface area contributed by atoms with Crippen molar-refractivity contribution in [3.8, 4) is 0 Å². The van der Waals surface area contributed by atoms with Crippen LogP contribution in [0.25, 0.3) is 21.0 Å². The highest BCUT2D eigenvalue weighted by Crippen LogP contribution is 2.41. The van der Waals surface area contributed by atoms with Gasteiger partial charge in [-0.25, -0.2) is 4.98 Å². The molecule has 1 aromatic carbocycles. The van der Waals surface area contributed by atoms with Gasteiger partial charge < -0.3 is 15.5 Å². The summed E-state index contributed by atoms with van der Waals surface area (Å²) in [4.78, 5) is 23.4. The number of hydrogen-bond acceptors (Lipinski definition) is 6. The Hall–Kier alpha value is -2.38. The molecule has 0 saturated carbocycles. The van der Waals surface area contributed by atoms with Crippen LogP contribution in [-0.2, 0) is 0 Å². The third-order valence-electron chi connectivity index (χ3n) is 6.26. The molecule has 30 heavy (non-hydrogen) atoms. The summed E-state index contributed by atoms with van der Waals surface area (Å²) in [5, 5.41) is 8.80. The van der Waals surface area contributed by atoms with Crippen LogP contribution < -0.4 is 15.5 Å². The molecule has 5 rings (SSSR count). The topological polar surface area (TPSA) is 60.5 Å². The summed E-state index contributed by atoms with van der Waals surface area (Å²) in [5.41, 5.74) is 1.95. The molecular formula is C23H29N5OS. The molecule has 1 saturated heterocycles. The van der Waals surface area contributed by atoms with Crippen LogP contribution in [0.4, 0.5) is 11.5 Å². The smallest absolute Gasteiger partial charge is 0.263 e. The molecule has 2 aliphatic heterocycles. The first kappa shape index (κ1) is 19.6. The molecule has 2 aliphatic rings. The predicted octanol–water partition coefficient (Wildman–Crippen LogP) is 3.91. The molecule has 0 aliphatic carbocycles. The Labute approximate surface area is 181 Å². The van der Waals surface area contributed by atoms with Crippen LogP contribution in [0.1, 0.15) is 36.9 Å². The Balaban J connectivity index is 1.53. The number of benzene rings is 1. The molecule has 158 valence electrons. The first-order valence-corrected chi connectivity index (χ1v) is 11.7. The second-order valence-corrected chi connectivity index (χ2v) is 9.76. The second-order valence-electron chi connectivity index (χ2n) is 8.71. The quantitative estimate of drug-likeness (QED) is 0.654. The summed E-state index contributed by atoms with van der Waals surface area (Å²) in [6, 6.07) is 9.23. The van der Waals surface area contributed by atoms with E-state index in [-0.39, 0.29) is 11.9 Å². The van der Waals surface area contributed by atoms with Crippen LogP contribution in [0.2, 0.25) is 0 Å². The van der Waals surface area contributed by atoms with Gasteiger partial charge in [0.15, 0.2) is 0 Å². The van der Waals surface area contributed by atoms with E-state index in [2.05, 4.69) is 58.5 Å². The van der Waals surface area contributed by atoms with Crippen molar-refractivity contribution in [3.05, 3.63) is 29.1 Å². The van der Waals surface area contributed by atoms with E-state index in [1.54, 1.807) is 11.3 Å². The van der Waals surface area contributed by atoms with Gasteiger partial charge in [-0.15, -0.1) is 11.3 Å². The van der Waals surface area contributed by atoms with Crippen molar-refractivity contribution >= 4 is 49.7 Å². The largest absolute Gasteiger partial charge is 0.381 e. The zero-order valence-electron chi connectivity index (χ0n) is 17.9. The van der Waals surface area contributed by atoms with Crippen LogP contribution in [-0.4, -0.2) is 60.6 Å². The third kappa shape index (κ3) is 3.40. The highest BCUT2D eigenvalue weighted by atomic mass is 32.1. The number of amides is 1. The molecule has 0 unspecified atom stereocenters. The molecule has 1 fully saturated rings. The van der Waals surface area contributed by atoms with E-state index in [1.807, 2.05) is 6.92 Å². The second kappa shape index (κ2) is 7.71. The number of carbonyl (C=O) groups is 1. The van der Waals surface area contributed by atoms with Crippen LogP contribution in [0.15, 0.2) is 24.3 Å². The van der Waals surface area contributed by atoms with E-state index >= 15 is 0 Å². The van der Waals surface area contributed by atoms with Gasteiger partial charge in [-0.1, -0.05) is 0 Å². The highest BCUT2D eigenvalue weighted by molar-refractivity contribution is 7.21. The van der Waals surface area contributed by atoms with Crippen LogP contribution in [0.3, 0.4) is 0 Å². The minimum Gasteiger partial charge on any atom is -0.381 e. The molecular weight excluding hydrogens is 394 g/mol. The fraction of sp³-hybridized carbons (Fsp3) is 0.478. The van der Waals surface area contributed by atoms with Gasteiger partial charge in [0.2, 0.25) is 0 Å². The first-order valence-electron chi connectivity index (χ1n) is 10.9. The fourth-order valence-electron chi connectivity index (χ4n) is 4.57. The number of anilines is 2. The minimum absolute atomic E-state index is 0.0145. The van der Waals surface area contributed by atoms with E-state index in [9.17, 15) is 4.79 Å². The van der Waals surface area contributed by atoms with Gasteiger partial charge in [0.1, 0.15) is 10.7 Å². The average Bonchev–Trinajstić information content (AvgIpc) is 2.85. The summed E-state index contributed by atoms with van der Waals surface area (Å²) < 4.78 is 1.13. The van der Waals surface area contributed by atoms with Crippen molar-refractivity contribution in [2.24, 2.45) is 0 Å². The van der Waals surface area contributed by atoms with Crippen LogP contribution in [0.5, 0.6) is 0 Å². The lowest BCUT2D eigenvalue weighted by molar-refractivity contribution is 0.0949. The fourth-order valence-corrected chi connectivity index (χ4v) is 5.67. The Morgan fingerprint density at radius 2 is 2.00 bits per heavy atom. The SMILES string of the molecule is CC(C)N1CCCN(c2ccc3c(ccc4sc5c(c43)NC[C@@H](C)NC5=O)n2)CC1. The van der Waals surface area contributed by atoms with Crippen LogP contribution in [0, 0.1) is 0 Å². The zero-order chi connectivity index (χ0) is 20.8. The van der Waals surface area contributed by atoms with Crippen molar-refractivity contribution < 1.29 is 4.79 Å². The van der Waals surface area contributed by atoms with E-state index in [0.29, 0.717) is 6.04 Å². The maximum atomic E-state index is 12.6. The number of aromatic nitrogens is 1. The third-order valence-corrected chi connectivity index (χ3v) is 7.41. The molecule has 0 bridgehead atoms. The lowest BCUT2D eigenvalue weighted by Crippen LogP contribution is -2.35. The van der Waals surface area contributed by atoms with Crippen molar-refractivity contribution in [2.45, 2.75) is 39.3 Å². The highest BCUT2D eigenvalue weighted by Gasteiger charge is 2.25. The molecule has 2 N–H and O–H groups in total. The van der Waals surface area contributed by atoms with E-state index < -0.39 is 0 Å². The first-order chi connectivity index (χ1) is 14.5. The molecule has 6 nitrogen and oxygen atoms in total. The van der Waals surface area contributed by atoms with Gasteiger partial charge in [0, 0.05) is 60.3 Å². The van der Waals surface area contributed by atoms with Gasteiger partial charge in [-0.3, -0.25) is 9.69 Å². The summed E-state index contributed by atoms with van der Waals surface area (Å²) in [6.45, 7) is 11.6. The van der Waals surface area contributed by atoms with Crippen LogP contribution >= 0.6 is 11.3 Å². The normalized spacial score (nSPS) is 20.7. The number of rotatable bonds is 2. The number of thiophene rings is 1. The maximum Gasteiger partial charge on any atom is 0.263 e. The van der Waals surface area contributed by atoms with Crippen molar-refractivity contribution in [1.82, 2.24) is 15.2 Å². The lowest BCUT2D eigenvalue weighted by atomic mass is 10.1. The van der Waals surface area contributed by atoms with Gasteiger partial charge in [0.25, 0.3) is 5.91 Å². The average molecular weight is 424 g/mol. The summed E-state index contributed by atoms with van der Waals surface area (Å²) in [6.07, 6.45) is 1.16. The maximum absolute atomic E-state index is 12.6. The molecule has 1 amide bonds. The Morgan fingerprint density at radius 1 is 1.13 bits per heavy atom. The lowest BCUT2D eigenvalue weighted by Gasteiger charge is -2.25. The number of nitrogens with zero attached hydrogens (tertiary/aromatic N) is 3. The van der Waals surface area contributed by atoms with E-state index in [4.69, 9.17) is 4.98 Å². The van der Waals surface area contributed by atoms with Crippen molar-refractivity contribution in [2.75, 3.05) is 42.9 Å². The molecule has 0 radical (unpaired) electrons. The Bertz CT molecular complexity index is 1110. The van der Waals surface area contributed by atoms with E-state index in [1.165, 1.54) is 0 Å².